The molecule has 0 radical (unpaired) electrons. The molecule has 0 amide bonds. The summed E-state index contributed by atoms with van der Waals surface area (Å²) in [6.07, 6.45) is 2.56. The van der Waals surface area contributed by atoms with Crippen LogP contribution >= 0.6 is 0 Å². The molecule has 5 heteroatoms. The number of aryl methyl sites for hydroxylation is 1. The molecule has 2 aromatic rings. The zero-order valence-corrected chi connectivity index (χ0v) is 10.8. The van der Waals surface area contributed by atoms with Gasteiger partial charge in [-0.05, 0) is 30.2 Å². The van der Waals surface area contributed by atoms with E-state index in [1.54, 1.807) is 16.8 Å². The lowest BCUT2D eigenvalue weighted by Crippen LogP contribution is -2.03. The Morgan fingerprint density at radius 2 is 2.05 bits per heavy atom. The smallest absolute Gasteiger partial charge is 0.337 e. The SMILES string of the molecule is COC(=O)c1ccc(Cn2cc(C)c(C=O)n2)cc1. The fourth-order valence-electron chi connectivity index (χ4n) is 1.78. The molecule has 5 nitrogen and oxygen atoms in total. The number of carbonyl (C=O) groups excluding carboxylic acids is 2. The third-order valence-electron chi connectivity index (χ3n) is 2.81. The number of hydrogen-bond acceptors (Lipinski definition) is 4. The van der Waals surface area contributed by atoms with Gasteiger partial charge in [0.2, 0.25) is 0 Å². The highest BCUT2D eigenvalue weighted by molar-refractivity contribution is 5.89. The molecule has 1 aromatic carbocycles. The van der Waals surface area contributed by atoms with Crippen LogP contribution in [0.15, 0.2) is 30.5 Å². The molecular weight excluding hydrogens is 244 g/mol. The highest BCUT2D eigenvalue weighted by atomic mass is 16.5. The van der Waals surface area contributed by atoms with Gasteiger partial charge in [-0.15, -0.1) is 0 Å². The quantitative estimate of drug-likeness (QED) is 0.620. The first-order valence-corrected chi connectivity index (χ1v) is 5.80. The van der Waals surface area contributed by atoms with Gasteiger partial charge in [0.15, 0.2) is 6.29 Å². The predicted molar refractivity (Wildman–Crippen MR) is 69.2 cm³/mol. The highest BCUT2D eigenvalue weighted by Gasteiger charge is 2.06. The topological polar surface area (TPSA) is 61.2 Å². The van der Waals surface area contributed by atoms with Gasteiger partial charge in [-0.1, -0.05) is 12.1 Å². The maximum atomic E-state index is 11.3. The second kappa shape index (κ2) is 5.48. The molecule has 0 aliphatic rings. The van der Waals surface area contributed by atoms with E-state index < -0.39 is 0 Å². The lowest BCUT2D eigenvalue weighted by Gasteiger charge is -2.03. The van der Waals surface area contributed by atoms with Gasteiger partial charge >= 0.3 is 5.97 Å². The first-order chi connectivity index (χ1) is 9.13. The summed E-state index contributed by atoms with van der Waals surface area (Å²) in [5.74, 6) is -0.357. The van der Waals surface area contributed by atoms with Gasteiger partial charge in [0, 0.05) is 6.20 Å². The van der Waals surface area contributed by atoms with E-state index in [9.17, 15) is 9.59 Å². The molecule has 1 aromatic heterocycles. The predicted octanol–water partition coefficient (Wildman–Crippen LogP) is 1.84. The number of aromatic nitrogens is 2. The molecule has 2 rings (SSSR count). The van der Waals surface area contributed by atoms with E-state index in [1.807, 2.05) is 25.3 Å². The average molecular weight is 258 g/mol. The molecule has 1 heterocycles. The first-order valence-electron chi connectivity index (χ1n) is 5.80. The van der Waals surface area contributed by atoms with Crippen molar-refractivity contribution in [2.75, 3.05) is 7.11 Å². The van der Waals surface area contributed by atoms with Crippen molar-refractivity contribution in [3.8, 4) is 0 Å². The summed E-state index contributed by atoms with van der Waals surface area (Å²) in [6, 6.07) is 7.09. The average Bonchev–Trinajstić information content (AvgIpc) is 2.78. The standard InChI is InChI=1S/C14H14N2O3/c1-10-7-16(15-13(10)9-17)8-11-3-5-12(6-4-11)14(18)19-2/h3-7,9H,8H2,1-2H3. The summed E-state index contributed by atoms with van der Waals surface area (Å²) in [6.45, 7) is 2.39. The normalized spacial score (nSPS) is 10.2. The molecule has 0 saturated heterocycles. The fourth-order valence-corrected chi connectivity index (χ4v) is 1.78. The Balaban J connectivity index is 2.14. The van der Waals surface area contributed by atoms with Crippen molar-refractivity contribution in [1.82, 2.24) is 9.78 Å². The Hall–Kier alpha value is -2.43. The lowest BCUT2D eigenvalue weighted by atomic mass is 10.1. The van der Waals surface area contributed by atoms with E-state index in [1.165, 1.54) is 7.11 Å². The van der Waals surface area contributed by atoms with Crippen LogP contribution in [0.5, 0.6) is 0 Å². The van der Waals surface area contributed by atoms with Crippen molar-refractivity contribution in [2.24, 2.45) is 0 Å². The van der Waals surface area contributed by atoms with E-state index in [2.05, 4.69) is 9.84 Å². The molecule has 0 bridgehead atoms. The van der Waals surface area contributed by atoms with Crippen LogP contribution in [0.3, 0.4) is 0 Å². The van der Waals surface area contributed by atoms with Gasteiger partial charge in [0.25, 0.3) is 0 Å². The number of ether oxygens (including phenoxy) is 1. The molecule has 98 valence electrons. The van der Waals surface area contributed by atoms with Gasteiger partial charge < -0.3 is 4.74 Å². The van der Waals surface area contributed by atoms with E-state index in [-0.39, 0.29) is 5.97 Å². The third kappa shape index (κ3) is 2.88. The first kappa shape index (κ1) is 13.0. The largest absolute Gasteiger partial charge is 0.465 e. The van der Waals surface area contributed by atoms with Crippen molar-refractivity contribution in [3.05, 3.63) is 52.8 Å². The summed E-state index contributed by atoms with van der Waals surface area (Å²) in [5, 5.41) is 4.15. The van der Waals surface area contributed by atoms with E-state index in [4.69, 9.17) is 0 Å². The van der Waals surface area contributed by atoms with Crippen LogP contribution in [-0.2, 0) is 11.3 Å². The number of esters is 1. The summed E-state index contributed by atoms with van der Waals surface area (Å²) in [5.41, 5.74) is 2.80. The maximum Gasteiger partial charge on any atom is 0.337 e. The second-order valence-electron chi connectivity index (χ2n) is 4.20. The van der Waals surface area contributed by atoms with Crippen LogP contribution in [0.25, 0.3) is 0 Å². The third-order valence-corrected chi connectivity index (χ3v) is 2.81. The number of nitrogens with zero attached hydrogens (tertiary/aromatic N) is 2. The lowest BCUT2D eigenvalue weighted by molar-refractivity contribution is 0.0600. The minimum atomic E-state index is -0.357. The molecule has 0 saturated carbocycles. The van der Waals surface area contributed by atoms with Crippen molar-refractivity contribution >= 4 is 12.3 Å². The molecular formula is C14H14N2O3. The minimum absolute atomic E-state index is 0.357. The van der Waals surface area contributed by atoms with Gasteiger partial charge in [-0.25, -0.2) is 4.79 Å². The molecule has 0 unspecified atom stereocenters. The molecule has 19 heavy (non-hydrogen) atoms. The minimum Gasteiger partial charge on any atom is -0.465 e. The van der Waals surface area contributed by atoms with Gasteiger partial charge in [-0.2, -0.15) is 5.10 Å². The number of methoxy groups -OCH3 is 1. The van der Waals surface area contributed by atoms with Crippen LogP contribution in [0.2, 0.25) is 0 Å². The van der Waals surface area contributed by atoms with Crippen molar-refractivity contribution in [3.63, 3.8) is 0 Å². The second-order valence-corrected chi connectivity index (χ2v) is 4.20. The fraction of sp³-hybridized carbons (Fsp3) is 0.214. The van der Waals surface area contributed by atoms with E-state index >= 15 is 0 Å². The zero-order valence-electron chi connectivity index (χ0n) is 10.8. The molecule has 0 atom stereocenters. The van der Waals surface area contributed by atoms with Crippen LogP contribution in [0.1, 0.15) is 32.0 Å². The Morgan fingerprint density at radius 3 is 2.58 bits per heavy atom. The molecule has 0 fully saturated rings. The molecule has 0 N–H and O–H groups in total. The van der Waals surface area contributed by atoms with Crippen LogP contribution in [0.4, 0.5) is 0 Å². The number of rotatable bonds is 4. The van der Waals surface area contributed by atoms with Crippen molar-refractivity contribution < 1.29 is 14.3 Å². The van der Waals surface area contributed by atoms with E-state index in [0.29, 0.717) is 17.8 Å². The number of benzene rings is 1. The number of carbonyl (C=O) groups is 2. The van der Waals surface area contributed by atoms with Crippen LogP contribution < -0.4 is 0 Å². The van der Waals surface area contributed by atoms with Gasteiger partial charge in [-0.3, -0.25) is 9.48 Å². The summed E-state index contributed by atoms with van der Waals surface area (Å²) < 4.78 is 6.33. The van der Waals surface area contributed by atoms with E-state index in [0.717, 1.165) is 17.4 Å². The molecule has 0 spiro atoms. The molecule has 0 aliphatic carbocycles. The Morgan fingerprint density at radius 1 is 1.37 bits per heavy atom. The van der Waals surface area contributed by atoms with Gasteiger partial charge in [0.1, 0.15) is 5.69 Å². The van der Waals surface area contributed by atoms with Crippen molar-refractivity contribution in [2.45, 2.75) is 13.5 Å². The Bertz CT molecular complexity index is 600. The summed E-state index contributed by atoms with van der Waals surface area (Å²) >= 11 is 0. The van der Waals surface area contributed by atoms with Crippen molar-refractivity contribution in [1.29, 1.82) is 0 Å². The number of aldehydes is 1. The highest BCUT2D eigenvalue weighted by Crippen LogP contribution is 2.09. The van der Waals surface area contributed by atoms with Crippen LogP contribution in [-0.4, -0.2) is 29.1 Å². The molecule has 0 aliphatic heterocycles. The monoisotopic (exact) mass is 258 g/mol. The van der Waals surface area contributed by atoms with Gasteiger partial charge in [0.05, 0.1) is 19.2 Å². The Labute approximate surface area is 110 Å². The van der Waals surface area contributed by atoms with Crippen LogP contribution in [0, 0.1) is 6.92 Å². The number of hydrogen-bond donors (Lipinski definition) is 0. The maximum absolute atomic E-state index is 11.3. The zero-order chi connectivity index (χ0) is 13.8. The Kier molecular flexibility index (Phi) is 3.75. The summed E-state index contributed by atoms with van der Waals surface area (Å²) in [7, 11) is 1.35. The summed E-state index contributed by atoms with van der Waals surface area (Å²) in [4.78, 5) is 22.0.